The highest BCUT2D eigenvalue weighted by atomic mass is 16.6. The summed E-state index contributed by atoms with van der Waals surface area (Å²) in [6, 6.07) is 5.10. The summed E-state index contributed by atoms with van der Waals surface area (Å²) in [5.41, 5.74) is 2.19. The highest BCUT2D eigenvalue weighted by molar-refractivity contribution is 6.00. The molecule has 0 radical (unpaired) electrons. The Morgan fingerprint density at radius 2 is 1.93 bits per heavy atom. The molecule has 1 atom stereocenters. The molecule has 8 heteroatoms. The van der Waals surface area contributed by atoms with Gasteiger partial charge in [-0.2, -0.15) is 0 Å². The third kappa shape index (κ3) is 3.01. The predicted molar refractivity (Wildman–Crippen MR) is 98.9 cm³/mol. The van der Waals surface area contributed by atoms with Crippen LogP contribution in [-0.2, 0) is 4.79 Å². The van der Waals surface area contributed by atoms with Crippen molar-refractivity contribution in [3.05, 3.63) is 35.0 Å². The Hall–Kier alpha value is -3.03. The van der Waals surface area contributed by atoms with Crippen LogP contribution < -0.4 is 20.1 Å². The van der Waals surface area contributed by atoms with Gasteiger partial charge in [0.15, 0.2) is 5.78 Å². The number of allylic oxidation sites excluding steroid dienone is 1. The normalized spacial score (nSPS) is 20.7. The number of hydrogen-bond donors (Lipinski definition) is 2. The number of benzene rings is 1. The number of carbonyl (C=O) groups is 1. The summed E-state index contributed by atoms with van der Waals surface area (Å²) in [5, 5.41) is 14.4. The fourth-order valence-electron chi connectivity index (χ4n) is 3.79. The number of rotatable bonds is 3. The van der Waals surface area contributed by atoms with E-state index in [1.54, 1.807) is 20.3 Å². The first kappa shape index (κ1) is 17.4. The molecule has 142 valence electrons. The van der Waals surface area contributed by atoms with Gasteiger partial charge in [-0.1, -0.05) is 13.8 Å². The Balaban J connectivity index is 1.89. The SMILES string of the molecule is COc1ccc(C2Nc3nonc3NC3=C2C(=O)CC(C)(C)C3)c(OC)c1. The van der Waals surface area contributed by atoms with Crippen molar-refractivity contribution in [1.82, 2.24) is 10.3 Å². The average molecular weight is 370 g/mol. The zero-order valence-corrected chi connectivity index (χ0v) is 15.8. The first-order valence-corrected chi connectivity index (χ1v) is 8.76. The number of Topliss-reactive ketones (excluding diaryl/α,β-unsaturated/α-hetero) is 1. The first-order valence-electron chi connectivity index (χ1n) is 8.76. The molecule has 1 aliphatic heterocycles. The summed E-state index contributed by atoms with van der Waals surface area (Å²) in [5.74, 6) is 2.32. The molecule has 0 amide bonds. The third-order valence-corrected chi connectivity index (χ3v) is 5.00. The molecule has 0 spiro atoms. The standard InChI is InChI=1S/C19H22N4O4/c1-19(2)8-12-15(13(24)9-19)16(21-18-17(20-12)22-27-23-18)11-6-5-10(25-3)7-14(11)26-4/h5-7,16H,8-9H2,1-4H3,(H,20,22)(H,21,23). The second-order valence-electron chi connectivity index (χ2n) is 7.60. The lowest BCUT2D eigenvalue weighted by Gasteiger charge is -2.34. The van der Waals surface area contributed by atoms with Gasteiger partial charge in [-0.25, -0.2) is 4.63 Å². The molecule has 2 aromatic rings. The van der Waals surface area contributed by atoms with Gasteiger partial charge in [0, 0.05) is 29.3 Å². The molecule has 1 unspecified atom stereocenters. The number of carbonyl (C=O) groups excluding carboxylic acids is 1. The molecule has 2 aliphatic rings. The van der Waals surface area contributed by atoms with Gasteiger partial charge in [0.1, 0.15) is 11.5 Å². The van der Waals surface area contributed by atoms with Gasteiger partial charge < -0.3 is 20.1 Å². The molecule has 2 N–H and O–H groups in total. The van der Waals surface area contributed by atoms with Gasteiger partial charge in [0.25, 0.3) is 0 Å². The Morgan fingerprint density at radius 3 is 2.67 bits per heavy atom. The van der Waals surface area contributed by atoms with E-state index in [-0.39, 0.29) is 11.2 Å². The van der Waals surface area contributed by atoms with Gasteiger partial charge in [-0.3, -0.25) is 4.79 Å². The second-order valence-corrected chi connectivity index (χ2v) is 7.60. The predicted octanol–water partition coefficient (Wildman–Crippen LogP) is 3.31. The van der Waals surface area contributed by atoms with Crippen molar-refractivity contribution in [3.8, 4) is 11.5 Å². The molecule has 1 aromatic carbocycles. The lowest BCUT2D eigenvalue weighted by molar-refractivity contribution is -0.118. The van der Waals surface area contributed by atoms with Crippen LogP contribution in [-0.4, -0.2) is 30.3 Å². The van der Waals surface area contributed by atoms with E-state index in [1.807, 2.05) is 12.1 Å². The van der Waals surface area contributed by atoms with Crippen LogP contribution in [0.3, 0.4) is 0 Å². The van der Waals surface area contributed by atoms with Crippen LogP contribution in [0.4, 0.5) is 11.6 Å². The summed E-state index contributed by atoms with van der Waals surface area (Å²) in [6.45, 7) is 4.17. The smallest absolute Gasteiger partial charge is 0.219 e. The molecule has 0 bridgehead atoms. The number of aromatic nitrogens is 2. The maximum Gasteiger partial charge on any atom is 0.219 e. The summed E-state index contributed by atoms with van der Waals surface area (Å²) >= 11 is 0. The largest absolute Gasteiger partial charge is 0.497 e. The number of methoxy groups -OCH3 is 2. The number of nitrogens with one attached hydrogen (secondary N) is 2. The molecule has 1 aromatic heterocycles. The van der Waals surface area contributed by atoms with E-state index in [4.69, 9.17) is 14.1 Å². The summed E-state index contributed by atoms with van der Waals surface area (Å²) in [4.78, 5) is 13.1. The maximum absolute atomic E-state index is 13.1. The summed E-state index contributed by atoms with van der Waals surface area (Å²) in [7, 11) is 3.19. The van der Waals surface area contributed by atoms with Crippen LogP contribution in [0.1, 0.15) is 38.3 Å². The first-order chi connectivity index (χ1) is 12.9. The minimum atomic E-state index is -0.440. The number of hydrogen-bond acceptors (Lipinski definition) is 8. The Bertz CT molecular complexity index is 932. The van der Waals surface area contributed by atoms with Crippen molar-refractivity contribution in [2.45, 2.75) is 32.7 Å². The van der Waals surface area contributed by atoms with Crippen molar-refractivity contribution < 1.29 is 18.9 Å². The second kappa shape index (κ2) is 6.29. The van der Waals surface area contributed by atoms with Crippen molar-refractivity contribution in [3.63, 3.8) is 0 Å². The van der Waals surface area contributed by atoms with E-state index >= 15 is 0 Å². The maximum atomic E-state index is 13.1. The van der Waals surface area contributed by atoms with Crippen LogP contribution >= 0.6 is 0 Å². The van der Waals surface area contributed by atoms with Crippen molar-refractivity contribution >= 4 is 17.4 Å². The monoisotopic (exact) mass is 370 g/mol. The van der Waals surface area contributed by atoms with Gasteiger partial charge in [0.2, 0.25) is 11.6 Å². The highest BCUT2D eigenvalue weighted by Gasteiger charge is 2.40. The minimum absolute atomic E-state index is 0.0891. The van der Waals surface area contributed by atoms with Crippen molar-refractivity contribution in [2.24, 2.45) is 5.41 Å². The summed E-state index contributed by atoms with van der Waals surface area (Å²) < 4.78 is 15.7. The molecule has 2 heterocycles. The molecule has 4 rings (SSSR count). The van der Waals surface area contributed by atoms with E-state index in [1.165, 1.54) is 0 Å². The fraction of sp³-hybridized carbons (Fsp3) is 0.421. The lowest BCUT2D eigenvalue weighted by atomic mass is 9.73. The summed E-state index contributed by atoms with van der Waals surface area (Å²) in [6.07, 6.45) is 1.19. The Kier molecular flexibility index (Phi) is 4.05. The van der Waals surface area contributed by atoms with E-state index in [0.29, 0.717) is 35.1 Å². The average Bonchev–Trinajstić information content (AvgIpc) is 2.99. The van der Waals surface area contributed by atoms with Gasteiger partial charge in [0.05, 0.1) is 20.3 Å². The molecule has 27 heavy (non-hydrogen) atoms. The Morgan fingerprint density at radius 1 is 1.15 bits per heavy atom. The number of anilines is 2. The van der Waals surface area contributed by atoms with E-state index in [0.717, 1.165) is 17.7 Å². The van der Waals surface area contributed by atoms with Crippen LogP contribution in [0.5, 0.6) is 11.5 Å². The zero-order chi connectivity index (χ0) is 19.2. The topological polar surface area (TPSA) is 98.5 Å². The molecule has 8 nitrogen and oxygen atoms in total. The van der Waals surface area contributed by atoms with E-state index in [2.05, 4.69) is 34.8 Å². The van der Waals surface area contributed by atoms with Gasteiger partial charge >= 0.3 is 0 Å². The van der Waals surface area contributed by atoms with Crippen molar-refractivity contribution in [1.29, 1.82) is 0 Å². The highest BCUT2D eigenvalue weighted by Crippen LogP contribution is 2.46. The van der Waals surface area contributed by atoms with Crippen LogP contribution in [0, 0.1) is 5.41 Å². The fourth-order valence-corrected chi connectivity index (χ4v) is 3.79. The van der Waals surface area contributed by atoms with Crippen molar-refractivity contribution in [2.75, 3.05) is 24.9 Å². The van der Waals surface area contributed by atoms with Crippen LogP contribution in [0.25, 0.3) is 0 Å². The number of nitrogens with zero attached hydrogens (tertiary/aromatic N) is 2. The zero-order valence-electron chi connectivity index (χ0n) is 15.8. The molecular formula is C19H22N4O4. The Labute approximate surface area is 156 Å². The minimum Gasteiger partial charge on any atom is -0.497 e. The van der Waals surface area contributed by atoms with Crippen LogP contribution in [0.15, 0.2) is 34.1 Å². The molecule has 0 saturated carbocycles. The quantitative estimate of drug-likeness (QED) is 0.849. The molecule has 0 fully saturated rings. The van der Waals surface area contributed by atoms with Gasteiger partial charge in [-0.05, 0) is 34.3 Å². The number of ether oxygens (including phenoxy) is 2. The molecule has 0 saturated heterocycles. The molecular weight excluding hydrogens is 348 g/mol. The lowest BCUT2D eigenvalue weighted by Crippen LogP contribution is -2.31. The van der Waals surface area contributed by atoms with E-state index < -0.39 is 6.04 Å². The number of ketones is 1. The molecule has 1 aliphatic carbocycles. The third-order valence-electron chi connectivity index (χ3n) is 5.00. The van der Waals surface area contributed by atoms with E-state index in [9.17, 15) is 4.79 Å². The number of fused-ring (bicyclic) bond motifs is 1. The van der Waals surface area contributed by atoms with Gasteiger partial charge in [-0.15, -0.1) is 0 Å². The van der Waals surface area contributed by atoms with Crippen LogP contribution in [0.2, 0.25) is 0 Å².